The first kappa shape index (κ1) is 35.5. The summed E-state index contributed by atoms with van der Waals surface area (Å²) in [6, 6.07) is 23.6. The summed E-state index contributed by atoms with van der Waals surface area (Å²) in [6.45, 7) is 12.7. The minimum atomic E-state index is -2.51. The van der Waals surface area contributed by atoms with Crippen molar-refractivity contribution in [3.8, 4) is 5.75 Å². The molecule has 3 amide bonds. The van der Waals surface area contributed by atoms with E-state index in [1.807, 2.05) is 60.7 Å². The minimum Gasteiger partial charge on any atom is -0.497 e. The molecule has 2 fully saturated rings. The molecule has 0 aliphatic carbocycles. The van der Waals surface area contributed by atoms with Gasteiger partial charge in [-0.2, -0.15) is 0 Å². The van der Waals surface area contributed by atoms with E-state index in [1.165, 1.54) is 5.19 Å². The van der Waals surface area contributed by atoms with Crippen LogP contribution >= 0.6 is 0 Å². The SMILES string of the molecule is C=CCN1C(=O)[C@]2(O[C@H](CC(=O)N(CCO)Cc3ccccc3)[C@@H]([Si](C)(C)c3ccc(OC)cc3)[C@@H]2C)c2cc(N3CCNCC3=O)ccc21. The van der Waals surface area contributed by atoms with Gasteiger partial charge in [0.1, 0.15) is 5.75 Å². The van der Waals surface area contributed by atoms with Crippen LogP contribution in [0.4, 0.5) is 11.4 Å². The van der Waals surface area contributed by atoms with Crippen LogP contribution in [0.3, 0.4) is 0 Å². The molecular weight excluding hydrogens is 649 g/mol. The Bertz CT molecular complexity index is 1730. The van der Waals surface area contributed by atoms with Crippen LogP contribution in [0, 0.1) is 5.92 Å². The van der Waals surface area contributed by atoms with Crippen molar-refractivity contribution in [2.24, 2.45) is 5.92 Å². The van der Waals surface area contributed by atoms with Crippen LogP contribution in [0.5, 0.6) is 5.75 Å². The molecule has 264 valence electrons. The average molecular weight is 697 g/mol. The molecule has 2 N–H and O–H groups in total. The van der Waals surface area contributed by atoms with Gasteiger partial charge in [-0.1, -0.05) is 73.7 Å². The fraction of sp³-hybridized carbons (Fsp3) is 0.410. The number of aliphatic hydroxyl groups excluding tert-OH is 1. The van der Waals surface area contributed by atoms with Crippen molar-refractivity contribution in [1.29, 1.82) is 0 Å². The van der Waals surface area contributed by atoms with Gasteiger partial charge in [0.25, 0.3) is 5.91 Å². The second-order valence-corrected chi connectivity index (χ2v) is 18.7. The number of fused-ring (bicyclic) bond motifs is 2. The smallest absolute Gasteiger partial charge is 0.264 e. The molecule has 10 nitrogen and oxygen atoms in total. The zero-order valence-electron chi connectivity index (χ0n) is 29.4. The van der Waals surface area contributed by atoms with Crippen LogP contribution in [0.1, 0.15) is 24.5 Å². The minimum absolute atomic E-state index is 0.0327. The van der Waals surface area contributed by atoms with Crippen LogP contribution in [-0.4, -0.2) is 88.3 Å². The van der Waals surface area contributed by atoms with Gasteiger partial charge in [-0.05, 0) is 41.4 Å². The third kappa shape index (κ3) is 6.28. The number of methoxy groups -OCH3 is 1. The molecular formula is C39H48N4O6Si. The van der Waals surface area contributed by atoms with Gasteiger partial charge in [0.2, 0.25) is 11.8 Å². The molecule has 0 unspecified atom stereocenters. The van der Waals surface area contributed by atoms with Crippen LogP contribution in [0.2, 0.25) is 18.6 Å². The maximum absolute atomic E-state index is 14.9. The van der Waals surface area contributed by atoms with Gasteiger partial charge in [-0.25, -0.2) is 0 Å². The molecule has 3 aliphatic rings. The maximum atomic E-state index is 14.9. The molecule has 0 bridgehead atoms. The van der Waals surface area contributed by atoms with E-state index in [0.717, 1.165) is 28.3 Å². The molecule has 3 aromatic carbocycles. The number of piperazine rings is 1. The fourth-order valence-electron chi connectivity index (χ4n) is 8.38. The van der Waals surface area contributed by atoms with Crippen molar-refractivity contribution in [2.45, 2.75) is 50.2 Å². The molecule has 3 aliphatic heterocycles. The number of benzene rings is 3. The molecule has 3 aromatic rings. The molecule has 1 spiro atoms. The monoisotopic (exact) mass is 696 g/mol. The number of nitrogens with zero attached hydrogens (tertiary/aromatic N) is 3. The molecule has 4 atom stereocenters. The van der Waals surface area contributed by atoms with E-state index in [4.69, 9.17) is 9.47 Å². The van der Waals surface area contributed by atoms with Gasteiger partial charge in [0.15, 0.2) is 5.60 Å². The Balaban J connectivity index is 1.45. The third-order valence-electron chi connectivity index (χ3n) is 10.8. The predicted octanol–water partition coefficient (Wildman–Crippen LogP) is 3.79. The molecule has 3 heterocycles. The Hall–Kier alpha value is -4.29. The van der Waals surface area contributed by atoms with Gasteiger partial charge in [0.05, 0.1) is 46.5 Å². The highest BCUT2D eigenvalue weighted by Crippen LogP contribution is 2.60. The van der Waals surface area contributed by atoms with E-state index in [1.54, 1.807) is 27.9 Å². The summed E-state index contributed by atoms with van der Waals surface area (Å²) in [6.07, 6.45) is 1.16. The zero-order valence-corrected chi connectivity index (χ0v) is 30.4. The Kier molecular flexibility index (Phi) is 10.3. The Morgan fingerprint density at radius 3 is 2.54 bits per heavy atom. The van der Waals surface area contributed by atoms with Gasteiger partial charge in [-0.15, -0.1) is 6.58 Å². The number of ether oxygens (including phenoxy) is 2. The molecule has 50 heavy (non-hydrogen) atoms. The number of aliphatic hydroxyl groups is 1. The summed E-state index contributed by atoms with van der Waals surface area (Å²) in [7, 11) is -0.866. The van der Waals surface area contributed by atoms with Crippen molar-refractivity contribution >= 4 is 42.4 Å². The topological polar surface area (TPSA) is 112 Å². The molecule has 6 rings (SSSR count). The van der Waals surface area contributed by atoms with E-state index >= 15 is 0 Å². The second-order valence-electron chi connectivity index (χ2n) is 14.0. The summed E-state index contributed by atoms with van der Waals surface area (Å²) in [5.41, 5.74) is 1.60. The normalized spacial score (nSPS) is 23.3. The van der Waals surface area contributed by atoms with Gasteiger partial charge >= 0.3 is 0 Å². The quantitative estimate of drug-likeness (QED) is 0.219. The van der Waals surface area contributed by atoms with Crippen LogP contribution in [0.15, 0.2) is 85.5 Å². The van der Waals surface area contributed by atoms with Gasteiger partial charge in [-0.3, -0.25) is 14.4 Å². The zero-order chi connectivity index (χ0) is 35.6. The first-order valence-electron chi connectivity index (χ1n) is 17.4. The fourth-order valence-corrected chi connectivity index (χ4v) is 12.4. The highest BCUT2D eigenvalue weighted by molar-refractivity contribution is 6.91. The molecule has 0 saturated carbocycles. The van der Waals surface area contributed by atoms with Crippen LogP contribution in [0.25, 0.3) is 0 Å². The Labute approximate surface area is 295 Å². The standard InChI is InChI=1S/C39H48N4O6Si/c1-6-19-43-33-17-12-29(42-20-18-40-25-36(42)46)23-32(33)39(38(43)47)27(2)37(50(4,5)31-15-13-30(48-3)14-16-31)34(49-39)24-35(45)41(21-22-44)26-28-10-8-7-9-11-28/h6-17,23,27,34,37,40,44H,1,18-22,24-26H2,2-5H3/t27-,34+,37-,39+/m0/s1. The van der Waals surface area contributed by atoms with E-state index in [9.17, 15) is 19.5 Å². The lowest BCUT2D eigenvalue weighted by Crippen LogP contribution is -2.52. The predicted molar refractivity (Wildman–Crippen MR) is 197 cm³/mol. The number of carbonyl (C=O) groups is 3. The number of carbonyl (C=O) groups excluding carboxylic acids is 3. The number of hydrogen-bond donors (Lipinski definition) is 2. The number of amides is 3. The molecule has 0 aromatic heterocycles. The molecule has 0 radical (unpaired) electrons. The van der Waals surface area contributed by atoms with Crippen molar-refractivity contribution < 1.29 is 29.0 Å². The van der Waals surface area contributed by atoms with Crippen LogP contribution in [-0.2, 0) is 31.3 Å². The summed E-state index contributed by atoms with van der Waals surface area (Å²) < 4.78 is 12.6. The van der Waals surface area contributed by atoms with Crippen molar-refractivity contribution in [3.63, 3.8) is 0 Å². The largest absolute Gasteiger partial charge is 0.497 e. The third-order valence-corrected chi connectivity index (χ3v) is 15.2. The van der Waals surface area contributed by atoms with E-state index in [2.05, 4.69) is 44.0 Å². The van der Waals surface area contributed by atoms with Crippen molar-refractivity contribution in [1.82, 2.24) is 10.2 Å². The van der Waals surface area contributed by atoms with Crippen LogP contribution < -0.4 is 25.0 Å². The summed E-state index contributed by atoms with van der Waals surface area (Å²) >= 11 is 0. The number of rotatable bonds is 12. The summed E-state index contributed by atoms with van der Waals surface area (Å²) in [5, 5.41) is 14.3. The van der Waals surface area contributed by atoms with E-state index < -0.39 is 19.8 Å². The number of nitrogens with one attached hydrogen (secondary N) is 1. The average Bonchev–Trinajstić information content (AvgIpc) is 3.54. The highest BCUT2D eigenvalue weighted by Gasteiger charge is 2.66. The summed E-state index contributed by atoms with van der Waals surface area (Å²) in [5.74, 6) is 0.0809. The first-order chi connectivity index (χ1) is 24.1. The van der Waals surface area contributed by atoms with Crippen molar-refractivity contribution in [2.75, 3.05) is 56.2 Å². The van der Waals surface area contributed by atoms with E-state index in [-0.39, 0.29) is 55.3 Å². The lowest BCUT2D eigenvalue weighted by Gasteiger charge is -2.37. The van der Waals surface area contributed by atoms with Crippen molar-refractivity contribution in [3.05, 3.63) is 96.6 Å². The Morgan fingerprint density at radius 2 is 1.88 bits per heavy atom. The maximum Gasteiger partial charge on any atom is 0.264 e. The lowest BCUT2D eigenvalue weighted by atomic mass is 9.82. The van der Waals surface area contributed by atoms with Gasteiger partial charge in [0, 0.05) is 49.9 Å². The first-order valence-corrected chi connectivity index (χ1v) is 20.5. The number of hydrogen-bond acceptors (Lipinski definition) is 7. The molecule has 2 saturated heterocycles. The lowest BCUT2D eigenvalue weighted by molar-refractivity contribution is -0.149. The Morgan fingerprint density at radius 1 is 1.14 bits per heavy atom. The van der Waals surface area contributed by atoms with E-state index in [0.29, 0.717) is 26.2 Å². The number of anilines is 2. The second kappa shape index (κ2) is 14.5. The highest BCUT2D eigenvalue weighted by atomic mass is 28.3. The molecule has 11 heteroatoms. The van der Waals surface area contributed by atoms with Gasteiger partial charge < -0.3 is 34.6 Å². The summed E-state index contributed by atoms with van der Waals surface area (Å²) in [4.78, 5) is 47.3.